The summed E-state index contributed by atoms with van der Waals surface area (Å²) in [5.41, 5.74) is -3.35. The first kappa shape index (κ1) is 20.0. The molecule has 0 aliphatic rings. The van der Waals surface area contributed by atoms with Gasteiger partial charge in [0.1, 0.15) is 5.75 Å². The van der Waals surface area contributed by atoms with Crippen molar-refractivity contribution >= 4 is 32.7 Å². The van der Waals surface area contributed by atoms with Gasteiger partial charge in [-0.15, -0.1) is 0 Å². The molecular formula is C17H16F3IO3S. The molecule has 2 rings (SSSR count). The van der Waals surface area contributed by atoms with Gasteiger partial charge < -0.3 is 4.18 Å². The van der Waals surface area contributed by atoms with Crippen LogP contribution in [0.2, 0.25) is 0 Å². The summed E-state index contributed by atoms with van der Waals surface area (Å²) >= 11 is 2.18. The van der Waals surface area contributed by atoms with Gasteiger partial charge in [0.25, 0.3) is 0 Å². The maximum atomic E-state index is 12.7. The van der Waals surface area contributed by atoms with Crippen LogP contribution in [0, 0.1) is 6.92 Å². The van der Waals surface area contributed by atoms with Crippen LogP contribution in [0.4, 0.5) is 13.2 Å². The van der Waals surface area contributed by atoms with Gasteiger partial charge in [-0.25, -0.2) is 0 Å². The number of halogens is 4. The standard InChI is InChI=1S/C17H16F3IO3S/c1-12-7-8-16(24-25(22,23)17(18,19)20)15(11-12)14(9-10-21)13-5-3-2-4-6-13/h2-8,11,14H,9-10H2,1H3. The molecule has 3 nitrogen and oxygen atoms in total. The summed E-state index contributed by atoms with van der Waals surface area (Å²) in [6, 6.07) is 13.7. The van der Waals surface area contributed by atoms with Crippen LogP contribution in [0.1, 0.15) is 29.0 Å². The number of rotatable bonds is 6. The highest BCUT2D eigenvalue weighted by atomic mass is 127. The van der Waals surface area contributed by atoms with Crippen molar-refractivity contribution in [1.82, 2.24) is 0 Å². The maximum absolute atomic E-state index is 12.7. The van der Waals surface area contributed by atoms with E-state index >= 15 is 0 Å². The average molecular weight is 484 g/mol. The first-order valence-corrected chi connectivity index (χ1v) is 10.3. The minimum Gasteiger partial charge on any atom is -0.376 e. The molecule has 0 bridgehead atoms. The van der Waals surface area contributed by atoms with E-state index in [0.29, 0.717) is 12.0 Å². The maximum Gasteiger partial charge on any atom is 0.534 e. The van der Waals surface area contributed by atoms with Gasteiger partial charge in [-0.2, -0.15) is 21.6 Å². The minimum absolute atomic E-state index is 0.267. The quantitative estimate of drug-likeness (QED) is 0.246. The van der Waals surface area contributed by atoms with Gasteiger partial charge in [-0.1, -0.05) is 70.6 Å². The van der Waals surface area contributed by atoms with Crippen LogP contribution in [0.15, 0.2) is 48.5 Å². The normalized spacial score (nSPS) is 13.5. The predicted octanol–water partition coefficient (Wildman–Crippen LogP) is 5.18. The molecule has 0 aromatic heterocycles. The Bertz CT molecular complexity index is 821. The molecule has 2 aromatic rings. The monoisotopic (exact) mass is 484 g/mol. The highest BCUT2D eigenvalue weighted by Crippen LogP contribution is 2.38. The zero-order chi connectivity index (χ0) is 18.7. The first-order valence-electron chi connectivity index (χ1n) is 7.38. The van der Waals surface area contributed by atoms with E-state index in [-0.39, 0.29) is 11.7 Å². The lowest BCUT2D eigenvalue weighted by molar-refractivity contribution is -0.0500. The van der Waals surface area contributed by atoms with Crippen molar-refractivity contribution in [3.05, 3.63) is 65.2 Å². The van der Waals surface area contributed by atoms with E-state index in [1.807, 2.05) is 30.3 Å². The van der Waals surface area contributed by atoms with Gasteiger partial charge in [0.15, 0.2) is 0 Å². The van der Waals surface area contributed by atoms with E-state index < -0.39 is 15.6 Å². The molecular weight excluding hydrogens is 468 g/mol. The van der Waals surface area contributed by atoms with E-state index in [1.54, 1.807) is 13.0 Å². The summed E-state index contributed by atoms with van der Waals surface area (Å²) < 4.78 is 66.1. The van der Waals surface area contributed by atoms with Gasteiger partial charge in [0, 0.05) is 15.9 Å². The third-order valence-corrected chi connectivity index (χ3v) is 5.21. The Morgan fingerprint density at radius 2 is 1.76 bits per heavy atom. The van der Waals surface area contributed by atoms with E-state index in [1.165, 1.54) is 12.1 Å². The van der Waals surface area contributed by atoms with Crippen LogP contribution in [-0.4, -0.2) is 18.4 Å². The van der Waals surface area contributed by atoms with E-state index in [0.717, 1.165) is 15.6 Å². The Kier molecular flexibility index (Phi) is 6.36. The van der Waals surface area contributed by atoms with Crippen LogP contribution in [-0.2, 0) is 10.1 Å². The fourth-order valence-corrected chi connectivity index (χ4v) is 3.58. The largest absolute Gasteiger partial charge is 0.534 e. The minimum atomic E-state index is -5.72. The molecule has 0 heterocycles. The summed E-state index contributed by atoms with van der Waals surface area (Å²) in [4.78, 5) is 0. The number of benzene rings is 2. The van der Waals surface area contributed by atoms with Gasteiger partial charge in [-0.3, -0.25) is 0 Å². The summed E-state index contributed by atoms with van der Waals surface area (Å²) in [6.07, 6.45) is 0.635. The topological polar surface area (TPSA) is 43.4 Å². The van der Waals surface area contributed by atoms with Crippen molar-refractivity contribution in [2.75, 3.05) is 4.43 Å². The molecule has 0 aliphatic heterocycles. The fourth-order valence-electron chi connectivity index (χ4n) is 2.48. The molecule has 136 valence electrons. The predicted molar refractivity (Wildman–Crippen MR) is 98.6 cm³/mol. The number of hydrogen-bond donors (Lipinski definition) is 0. The lowest BCUT2D eigenvalue weighted by Gasteiger charge is -2.21. The number of hydrogen-bond acceptors (Lipinski definition) is 3. The molecule has 0 aliphatic carbocycles. The van der Waals surface area contributed by atoms with Crippen LogP contribution >= 0.6 is 22.6 Å². The van der Waals surface area contributed by atoms with Gasteiger partial charge in [0.2, 0.25) is 0 Å². The Morgan fingerprint density at radius 3 is 2.32 bits per heavy atom. The molecule has 0 amide bonds. The molecule has 0 saturated carbocycles. The highest BCUT2D eigenvalue weighted by molar-refractivity contribution is 14.1. The molecule has 1 unspecified atom stereocenters. The Labute approximate surface area is 158 Å². The van der Waals surface area contributed by atoms with E-state index in [9.17, 15) is 21.6 Å². The van der Waals surface area contributed by atoms with Crippen molar-refractivity contribution in [1.29, 1.82) is 0 Å². The molecule has 0 spiro atoms. The molecule has 0 saturated heterocycles. The van der Waals surface area contributed by atoms with Crippen molar-refractivity contribution in [2.24, 2.45) is 0 Å². The zero-order valence-electron chi connectivity index (χ0n) is 13.3. The second-order valence-corrected chi connectivity index (χ2v) is 8.08. The SMILES string of the molecule is Cc1ccc(OS(=O)(=O)C(F)(F)F)c(C(CCI)c2ccccc2)c1. The lowest BCUT2D eigenvalue weighted by atomic mass is 9.88. The van der Waals surface area contributed by atoms with Gasteiger partial charge in [0.05, 0.1) is 0 Å². The highest BCUT2D eigenvalue weighted by Gasteiger charge is 2.49. The number of aryl methyl sites for hydroxylation is 1. The average Bonchev–Trinajstić information content (AvgIpc) is 2.54. The lowest BCUT2D eigenvalue weighted by Crippen LogP contribution is -2.28. The van der Waals surface area contributed by atoms with Crippen molar-refractivity contribution in [3.63, 3.8) is 0 Å². The molecule has 0 N–H and O–H groups in total. The van der Waals surface area contributed by atoms with Crippen LogP contribution in [0.25, 0.3) is 0 Å². The molecule has 1 atom stereocenters. The van der Waals surface area contributed by atoms with E-state index in [4.69, 9.17) is 0 Å². The Morgan fingerprint density at radius 1 is 1.12 bits per heavy atom. The summed E-state index contributed by atoms with van der Waals surface area (Å²) in [7, 11) is -5.72. The molecule has 2 aromatic carbocycles. The molecule has 8 heteroatoms. The second kappa shape index (κ2) is 7.94. The van der Waals surface area contributed by atoms with Gasteiger partial charge in [-0.05, 0) is 25.0 Å². The summed E-state index contributed by atoms with van der Waals surface area (Å²) in [5, 5.41) is 0. The number of alkyl halides is 4. The Hall–Kier alpha value is -1.29. The zero-order valence-corrected chi connectivity index (χ0v) is 16.2. The second-order valence-electron chi connectivity index (χ2n) is 5.47. The van der Waals surface area contributed by atoms with Crippen molar-refractivity contribution in [3.8, 4) is 5.75 Å². The molecule has 0 radical (unpaired) electrons. The first-order chi connectivity index (χ1) is 11.7. The smallest absolute Gasteiger partial charge is 0.376 e. The summed E-state index contributed by atoms with van der Waals surface area (Å²) in [5.74, 6) is -0.557. The molecule has 0 fully saturated rings. The third kappa shape index (κ3) is 4.87. The van der Waals surface area contributed by atoms with Crippen LogP contribution in [0.5, 0.6) is 5.75 Å². The Balaban J connectivity index is 2.54. The van der Waals surface area contributed by atoms with Crippen LogP contribution in [0.3, 0.4) is 0 Å². The summed E-state index contributed by atoms with van der Waals surface area (Å²) in [6.45, 7) is 1.79. The van der Waals surface area contributed by atoms with Crippen molar-refractivity contribution < 1.29 is 25.8 Å². The van der Waals surface area contributed by atoms with Crippen molar-refractivity contribution in [2.45, 2.75) is 24.8 Å². The van der Waals surface area contributed by atoms with E-state index in [2.05, 4.69) is 26.8 Å². The fraction of sp³-hybridized carbons (Fsp3) is 0.294. The third-order valence-electron chi connectivity index (χ3n) is 3.62. The van der Waals surface area contributed by atoms with Crippen LogP contribution < -0.4 is 4.18 Å². The van der Waals surface area contributed by atoms with Gasteiger partial charge >= 0.3 is 15.6 Å². The molecule has 25 heavy (non-hydrogen) atoms.